The number of nitrogens with one attached hydrogen (secondary N) is 3. The number of amides is 3. The molecule has 1 heterocycles. The summed E-state index contributed by atoms with van der Waals surface area (Å²) in [5.74, 6) is -1.30. The molecule has 5 rings (SSSR count). The summed E-state index contributed by atoms with van der Waals surface area (Å²) in [6.45, 7) is 1.73. The van der Waals surface area contributed by atoms with E-state index in [9.17, 15) is 18.8 Å². The van der Waals surface area contributed by atoms with Gasteiger partial charge in [0.05, 0.1) is 5.02 Å². The van der Waals surface area contributed by atoms with Gasteiger partial charge in [-0.05, 0) is 67.1 Å². The number of nitrogens with zero attached hydrogens (tertiary/aromatic N) is 1. The molecule has 1 unspecified atom stereocenters. The molecule has 0 saturated heterocycles. The Labute approximate surface area is 267 Å². The third-order valence-electron chi connectivity index (χ3n) is 6.40. The Bertz CT molecular complexity index is 1830. The summed E-state index contributed by atoms with van der Waals surface area (Å²) < 4.78 is 19.7. The van der Waals surface area contributed by atoms with Crippen molar-refractivity contribution in [1.29, 1.82) is 0 Å². The van der Waals surface area contributed by atoms with Crippen LogP contribution >= 0.6 is 23.4 Å². The van der Waals surface area contributed by atoms with Gasteiger partial charge in [0.2, 0.25) is 5.91 Å². The Morgan fingerprint density at radius 2 is 1.58 bits per heavy atom. The fourth-order valence-electron chi connectivity index (χ4n) is 4.20. The van der Waals surface area contributed by atoms with Crippen molar-refractivity contribution in [3.63, 3.8) is 0 Å². The zero-order valence-electron chi connectivity index (χ0n) is 23.8. The summed E-state index contributed by atoms with van der Waals surface area (Å²) in [7, 11) is 0. The monoisotopic (exact) mass is 640 g/mol. The molecule has 0 radical (unpaired) electrons. The SMILES string of the molecule is Cc1cc(NC(=O)C(Sc2ccc(NC(=O)/C(=C/c3c(F)cccc3Cl)NC(=O)c3ccccc3)cc2)c2ccccc2)no1. The first-order valence-electron chi connectivity index (χ1n) is 13.7. The van der Waals surface area contributed by atoms with Crippen LogP contribution in [-0.2, 0) is 9.59 Å². The van der Waals surface area contributed by atoms with Gasteiger partial charge in [-0.3, -0.25) is 14.4 Å². The first-order chi connectivity index (χ1) is 21.8. The molecule has 0 spiro atoms. The van der Waals surface area contributed by atoms with Gasteiger partial charge in [-0.1, -0.05) is 71.4 Å². The van der Waals surface area contributed by atoms with Crippen molar-refractivity contribution in [3.8, 4) is 0 Å². The van der Waals surface area contributed by atoms with Crippen molar-refractivity contribution < 1.29 is 23.3 Å². The quantitative estimate of drug-likeness (QED) is 0.107. The third-order valence-corrected chi connectivity index (χ3v) is 8.00. The summed E-state index contributed by atoms with van der Waals surface area (Å²) in [6, 6.07) is 30.2. The zero-order valence-corrected chi connectivity index (χ0v) is 25.4. The van der Waals surface area contributed by atoms with E-state index >= 15 is 0 Å². The molecule has 3 N–H and O–H groups in total. The van der Waals surface area contributed by atoms with Gasteiger partial charge in [-0.2, -0.15) is 0 Å². The second-order valence-electron chi connectivity index (χ2n) is 9.71. The summed E-state index contributed by atoms with van der Waals surface area (Å²) in [5, 5.41) is 11.4. The normalized spacial score (nSPS) is 11.8. The highest BCUT2D eigenvalue weighted by Gasteiger charge is 2.23. The lowest BCUT2D eigenvalue weighted by Gasteiger charge is -2.16. The van der Waals surface area contributed by atoms with Crippen LogP contribution in [0.25, 0.3) is 6.08 Å². The molecule has 0 aliphatic rings. The minimum Gasteiger partial charge on any atom is -0.360 e. The van der Waals surface area contributed by atoms with Crippen LogP contribution < -0.4 is 16.0 Å². The highest BCUT2D eigenvalue weighted by atomic mass is 35.5. The van der Waals surface area contributed by atoms with E-state index < -0.39 is 22.9 Å². The first-order valence-corrected chi connectivity index (χ1v) is 14.9. The van der Waals surface area contributed by atoms with E-state index in [-0.39, 0.29) is 22.2 Å². The maximum absolute atomic E-state index is 14.6. The van der Waals surface area contributed by atoms with Gasteiger partial charge in [0.1, 0.15) is 22.5 Å². The lowest BCUT2D eigenvalue weighted by Crippen LogP contribution is -2.30. The van der Waals surface area contributed by atoms with Gasteiger partial charge < -0.3 is 20.5 Å². The zero-order chi connectivity index (χ0) is 31.8. The third kappa shape index (κ3) is 8.26. The Hall–Kier alpha value is -5.19. The molecular weight excluding hydrogens is 615 g/mol. The molecule has 5 aromatic rings. The first kappa shape index (κ1) is 31.2. The molecule has 0 saturated carbocycles. The summed E-state index contributed by atoms with van der Waals surface area (Å²) >= 11 is 7.51. The van der Waals surface area contributed by atoms with Gasteiger partial charge in [0.15, 0.2) is 5.82 Å². The van der Waals surface area contributed by atoms with Crippen LogP contribution in [0.1, 0.15) is 32.5 Å². The second kappa shape index (κ2) is 14.5. The fraction of sp³-hybridized carbons (Fsp3) is 0.0588. The Kier molecular flexibility index (Phi) is 10.1. The number of rotatable bonds is 10. The lowest BCUT2D eigenvalue weighted by molar-refractivity contribution is -0.116. The predicted octanol–water partition coefficient (Wildman–Crippen LogP) is 7.66. The number of hydrogen-bond acceptors (Lipinski definition) is 6. The highest BCUT2D eigenvalue weighted by Crippen LogP contribution is 2.36. The van der Waals surface area contributed by atoms with E-state index in [0.717, 1.165) is 10.5 Å². The van der Waals surface area contributed by atoms with Crippen LogP contribution in [0, 0.1) is 12.7 Å². The number of thioether (sulfide) groups is 1. The Balaban J connectivity index is 1.34. The topological polar surface area (TPSA) is 113 Å². The predicted molar refractivity (Wildman–Crippen MR) is 173 cm³/mol. The van der Waals surface area contributed by atoms with Crippen molar-refractivity contribution in [1.82, 2.24) is 10.5 Å². The van der Waals surface area contributed by atoms with E-state index in [1.807, 2.05) is 30.3 Å². The van der Waals surface area contributed by atoms with Crippen LogP contribution in [-0.4, -0.2) is 22.9 Å². The van der Waals surface area contributed by atoms with Crippen LogP contribution in [0.2, 0.25) is 5.02 Å². The minimum absolute atomic E-state index is 0.0459. The average molecular weight is 641 g/mol. The standard InChI is InChI=1S/C34H26ClFN4O4S/c1-21-19-30(40-44-21)39-34(43)31(22-9-4-2-5-10-22)45-25-17-15-24(16-18-25)37-33(42)29(20-26-27(35)13-8-14-28(26)36)38-32(41)23-11-6-3-7-12-23/h2-20,31H,1H3,(H,37,42)(H,38,41)(H,39,40,43)/b29-20-. The van der Waals surface area contributed by atoms with Crippen molar-refractivity contribution in [2.45, 2.75) is 17.1 Å². The molecule has 45 heavy (non-hydrogen) atoms. The maximum atomic E-state index is 14.6. The highest BCUT2D eigenvalue weighted by molar-refractivity contribution is 8.00. The smallest absolute Gasteiger partial charge is 0.272 e. The molecule has 0 aliphatic heterocycles. The largest absolute Gasteiger partial charge is 0.360 e. The number of anilines is 2. The molecule has 11 heteroatoms. The number of halogens is 2. The molecule has 226 valence electrons. The Morgan fingerprint density at radius 1 is 0.889 bits per heavy atom. The second-order valence-corrected chi connectivity index (χ2v) is 11.3. The number of hydrogen-bond donors (Lipinski definition) is 3. The molecule has 0 bridgehead atoms. The van der Waals surface area contributed by atoms with Crippen molar-refractivity contribution in [2.24, 2.45) is 0 Å². The lowest BCUT2D eigenvalue weighted by atomic mass is 10.1. The van der Waals surface area contributed by atoms with E-state index in [1.54, 1.807) is 67.6 Å². The average Bonchev–Trinajstić information content (AvgIpc) is 3.46. The number of aryl methyl sites for hydroxylation is 1. The van der Waals surface area contributed by atoms with E-state index in [4.69, 9.17) is 16.1 Å². The van der Waals surface area contributed by atoms with Crippen LogP contribution in [0.15, 0.2) is 124 Å². The van der Waals surface area contributed by atoms with E-state index in [2.05, 4.69) is 21.1 Å². The number of carbonyl (C=O) groups excluding carboxylic acids is 3. The van der Waals surface area contributed by atoms with Gasteiger partial charge in [-0.25, -0.2) is 4.39 Å². The summed E-state index contributed by atoms with van der Waals surface area (Å²) in [4.78, 5) is 40.3. The molecule has 4 aromatic carbocycles. The molecule has 0 fully saturated rings. The van der Waals surface area contributed by atoms with E-state index in [0.29, 0.717) is 22.8 Å². The molecule has 8 nitrogen and oxygen atoms in total. The number of carbonyl (C=O) groups is 3. The van der Waals surface area contributed by atoms with Crippen molar-refractivity contribution >= 4 is 58.7 Å². The molecule has 1 aromatic heterocycles. The molecule has 1 atom stereocenters. The Morgan fingerprint density at radius 3 is 2.22 bits per heavy atom. The minimum atomic E-state index is -0.691. The van der Waals surface area contributed by atoms with Crippen molar-refractivity contribution in [2.75, 3.05) is 10.6 Å². The molecule has 0 aliphatic carbocycles. The molecular formula is C34H26ClFN4O4S. The van der Waals surface area contributed by atoms with E-state index in [1.165, 1.54) is 36.0 Å². The molecule has 3 amide bonds. The van der Waals surface area contributed by atoms with Gasteiger partial charge in [0.25, 0.3) is 11.8 Å². The van der Waals surface area contributed by atoms with Crippen molar-refractivity contribution in [3.05, 3.63) is 148 Å². The van der Waals surface area contributed by atoms with Crippen LogP contribution in [0.3, 0.4) is 0 Å². The number of aromatic nitrogens is 1. The van der Waals surface area contributed by atoms with Gasteiger partial charge in [-0.15, -0.1) is 11.8 Å². The number of benzene rings is 4. The van der Waals surface area contributed by atoms with Crippen LogP contribution in [0.4, 0.5) is 15.9 Å². The summed E-state index contributed by atoms with van der Waals surface area (Å²) in [6.07, 6.45) is 1.19. The summed E-state index contributed by atoms with van der Waals surface area (Å²) in [5.41, 5.74) is 1.25. The van der Waals surface area contributed by atoms with Gasteiger partial charge >= 0.3 is 0 Å². The van der Waals surface area contributed by atoms with Gasteiger partial charge in [0, 0.05) is 27.8 Å². The maximum Gasteiger partial charge on any atom is 0.272 e. The van der Waals surface area contributed by atoms with Crippen LogP contribution in [0.5, 0.6) is 0 Å². The fourth-order valence-corrected chi connectivity index (χ4v) is 5.45.